The molecule has 28 heavy (non-hydrogen) atoms. The van der Waals surface area contributed by atoms with Crippen molar-refractivity contribution in [3.63, 3.8) is 0 Å². The molecule has 2 aromatic heterocycles. The van der Waals surface area contributed by atoms with E-state index in [0.29, 0.717) is 11.2 Å². The lowest BCUT2D eigenvalue weighted by Gasteiger charge is -2.25. The predicted octanol–water partition coefficient (Wildman–Crippen LogP) is 0.346. The highest BCUT2D eigenvalue weighted by molar-refractivity contribution is 5.70. The number of nitrogen functional groups attached to an aromatic ring is 1. The molecule has 0 spiro atoms. The largest absolute Gasteiger partial charge is 0.461 e. The molecular formula is C18H23N5O5. The third kappa shape index (κ3) is 3.52. The van der Waals surface area contributed by atoms with Gasteiger partial charge >= 0.3 is 5.97 Å². The number of nitriles is 1. The zero-order chi connectivity index (χ0) is 20.7. The minimum absolute atomic E-state index is 0.135. The first-order valence-corrected chi connectivity index (χ1v) is 8.77. The number of anilines is 1. The fraction of sp³-hybridized carbons (Fsp3) is 0.556. The van der Waals surface area contributed by atoms with Gasteiger partial charge in [-0.05, 0) is 17.5 Å². The van der Waals surface area contributed by atoms with Crippen LogP contribution in [0.25, 0.3) is 5.52 Å². The van der Waals surface area contributed by atoms with Gasteiger partial charge in [0.1, 0.15) is 42.8 Å². The highest BCUT2D eigenvalue weighted by atomic mass is 16.6. The lowest BCUT2D eigenvalue weighted by atomic mass is 9.92. The Balaban J connectivity index is 1.84. The van der Waals surface area contributed by atoms with Gasteiger partial charge in [0, 0.05) is 0 Å². The van der Waals surface area contributed by atoms with E-state index in [1.165, 1.54) is 10.8 Å². The van der Waals surface area contributed by atoms with Crippen molar-refractivity contribution in [1.29, 1.82) is 5.26 Å². The summed E-state index contributed by atoms with van der Waals surface area (Å²) in [7, 11) is 0. The molecule has 3 heterocycles. The van der Waals surface area contributed by atoms with Crippen LogP contribution in [0.15, 0.2) is 18.5 Å². The summed E-state index contributed by atoms with van der Waals surface area (Å²) in [6.07, 6.45) is -2.72. The highest BCUT2D eigenvalue weighted by Crippen LogP contribution is 2.40. The summed E-state index contributed by atoms with van der Waals surface area (Å²) >= 11 is 0. The zero-order valence-electron chi connectivity index (χ0n) is 15.9. The Bertz CT molecular complexity index is 931. The minimum Gasteiger partial charge on any atom is -0.461 e. The van der Waals surface area contributed by atoms with Crippen molar-refractivity contribution in [3.8, 4) is 6.07 Å². The molecule has 4 N–H and O–H groups in total. The quantitative estimate of drug-likeness (QED) is 0.628. The van der Waals surface area contributed by atoms with E-state index in [0.717, 1.165) is 0 Å². The van der Waals surface area contributed by atoms with Gasteiger partial charge in [-0.1, -0.05) is 20.8 Å². The van der Waals surface area contributed by atoms with E-state index in [2.05, 4.69) is 10.1 Å². The van der Waals surface area contributed by atoms with E-state index in [1.54, 1.807) is 12.1 Å². The average molecular weight is 389 g/mol. The lowest BCUT2D eigenvalue weighted by molar-refractivity contribution is -0.156. The number of fused-ring (bicyclic) bond motifs is 1. The summed E-state index contributed by atoms with van der Waals surface area (Å²) in [4.78, 5) is 15.9. The van der Waals surface area contributed by atoms with E-state index in [4.69, 9.17) is 15.2 Å². The Morgan fingerprint density at radius 1 is 1.46 bits per heavy atom. The Morgan fingerprint density at radius 3 is 2.82 bits per heavy atom. The van der Waals surface area contributed by atoms with Gasteiger partial charge in [-0.3, -0.25) is 4.79 Å². The molecule has 10 nitrogen and oxygen atoms in total. The van der Waals surface area contributed by atoms with Crippen LogP contribution in [0.5, 0.6) is 0 Å². The monoisotopic (exact) mass is 389 g/mol. The van der Waals surface area contributed by atoms with Crippen LogP contribution >= 0.6 is 0 Å². The Kier molecular flexibility index (Phi) is 5.01. The van der Waals surface area contributed by atoms with E-state index in [-0.39, 0.29) is 17.7 Å². The maximum Gasteiger partial charge on any atom is 0.306 e. The van der Waals surface area contributed by atoms with Crippen molar-refractivity contribution >= 4 is 17.3 Å². The summed E-state index contributed by atoms with van der Waals surface area (Å²) < 4.78 is 12.3. The fourth-order valence-electron chi connectivity index (χ4n) is 3.15. The van der Waals surface area contributed by atoms with Gasteiger partial charge in [-0.2, -0.15) is 10.4 Å². The minimum atomic E-state index is -1.90. The van der Waals surface area contributed by atoms with Crippen molar-refractivity contribution < 1.29 is 24.5 Å². The van der Waals surface area contributed by atoms with Crippen LogP contribution in [-0.4, -0.2) is 55.2 Å². The van der Waals surface area contributed by atoms with Crippen LogP contribution in [0, 0.1) is 16.7 Å². The normalized spacial score (nSPS) is 27.6. The van der Waals surface area contributed by atoms with Crippen molar-refractivity contribution in [1.82, 2.24) is 14.6 Å². The first-order chi connectivity index (χ1) is 13.1. The number of carbonyl (C=O) groups is 1. The van der Waals surface area contributed by atoms with Gasteiger partial charge in [0.05, 0.1) is 12.1 Å². The maximum absolute atomic E-state index is 12.0. The van der Waals surface area contributed by atoms with E-state index >= 15 is 0 Å². The van der Waals surface area contributed by atoms with Crippen LogP contribution in [-0.2, 0) is 14.3 Å². The molecule has 3 rings (SSSR count). The molecule has 0 amide bonds. The number of aromatic nitrogens is 3. The number of aliphatic hydroxyl groups is 2. The Morgan fingerprint density at radius 2 is 2.18 bits per heavy atom. The number of carbonyl (C=O) groups excluding carboxylic acids is 1. The first-order valence-electron chi connectivity index (χ1n) is 8.77. The molecule has 0 aliphatic carbocycles. The second-order valence-electron chi connectivity index (χ2n) is 8.07. The number of esters is 1. The topological polar surface area (TPSA) is 156 Å². The van der Waals surface area contributed by atoms with Gasteiger partial charge in [-0.25, -0.2) is 9.50 Å². The molecular weight excluding hydrogens is 366 g/mol. The van der Waals surface area contributed by atoms with Gasteiger partial charge in [0.15, 0.2) is 5.82 Å². The lowest BCUT2D eigenvalue weighted by Crippen LogP contribution is -2.46. The van der Waals surface area contributed by atoms with Crippen LogP contribution in [0.3, 0.4) is 0 Å². The number of nitrogens with zero attached hydrogens (tertiary/aromatic N) is 4. The molecule has 0 unspecified atom stereocenters. The van der Waals surface area contributed by atoms with E-state index in [9.17, 15) is 20.3 Å². The third-order valence-electron chi connectivity index (χ3n) is 4.56. The Hall–Kier alpha value is -2.74. The van der Waals surface area contributed by atoms with Crippen LogP contribution < -0.4 is 5.73 Å². The molecule has 150 valence electrons. The second kappa shape index (κ2) is 7.01. The van der Waals surface area contributed by atoms with Crippen LogP contribution in [0.2, 0.25) is 0 Å². The molecule has 4 atom stereocenters. The van der Waals surface area contributed by atoms with Crippen molar-refractivity contribution in [2.45, 2.75) is 51.1 Å². The number of hydrogen-bond donors (Lipinski definition) is 3. The highest BCUT2D eigenvalue weighted by Gasteiger charge is 2.57. The van der Waals surface area contributed by atoms with Crippen molar-refractivity contribution in [2.24, 2.45) is 5.41 Å². The second-order valence-corrected chi connectivity index (χ2v) is 8.07. The molecule has 0 saturated carbocycles. The molecule has 1 aliphatic rings. The van der Waals surface area contributed by atoms with Gasteiger partial charge in [0.25, 0.3) is 0 Å². The van der Waals surface area contributed by atoms with Crippen molar-refractivity contribution in [2.75, 3.05) is 12.3 Å². The maximum atomic E-state index is 12.0. The number of rotatable bonds is 4. The van der Waals surface area contributed by atoms with E-state index < -0.39 is 36.5 Å². The van der Waals surface area contributed by atoms with Gasteiger partial charge in [-0.15, -0.1) is 0 Å². The smallest absolute Gasteiger partial charge is 0.306 e. The molecule has 1 fully saturated rings. The van der Waals surface area contributed by atoms with Gasteiger partial charge in [0.2, 0.25) is 5.60 Å². The first kappa shape index (κ1) is 20.0. The van der Waals surface area contributed by atoms with Gasteiger partial charge < -0.3 is 25.4 Å². The number of hydrogen-bond acceptors (Lipinski definition) is 9. The summed E-state index contributed by atoms with van der Waals surface area (Å²) in [5.41, 5.74) is 4.49. The number of nitrogens with two attached hydrogens (primary N) is 1. The Labute approximate surface area is 161 Å². The summed E-state index contributed by atoms with van der Waals surface area (Å²) in [5.74, 6) is -0.290. The van der Waals surface area contributed by atoms with Crippen molar-refractivity contribution in [3.05, 3.63) is 24.2 Å². The fourth-order valence-corrected chi connectivity index (χ4v) is 3.15. The SMILES string of the molecule is CC(C)(C)CC(=O)OC[C@@]1(C#N)O[C@@H](c2ccc3c(N)ncnn23)[C@H](O)[C@@H]1O. The molecule has 2 aromatic rings. The van der Waals surface area contributed by atoms with Crippen LogP contribution in [0.4, 0.5) is 5.82 Å². The zero-order valence-corrected chi connectivity index (χ0v) is 15.9. The average Bonchev–Trinajstić information content (AvgIpc) is 3.14. The standard InChI is InChI=1S/C18H23N5O5/c1-17(2,3)6-12(24)27-8-18(7-19)15(26)13(25)14(28-18)10-4-5-11-16(20)21-9-22-23(10)11/h4-5,9,13-15,25-26H,6,8H2,1-3H3,(H2,20,21,22)/t13-,14-,15-,18+/m0/s1. The molecule has 0 radical (unpaired) electrons. The molecule has 0 aromatic carbocycles. The summed E-state index contributed by atoms with van der Waals surface area (Å²) in [6, 6.07) is 5.10. The molecule has 1 saturated heterocycles. The van der Waals surface area contributed by atoms with Crippen LogP contribution in [0.1, 0.15) is 39.0 Å². The predicted molar refractivity (Wildman–Crippen MR) is 96.6 cm³/mol. The summed E-state index contributed by atoms with van der Waals surface area (Å²) in [5, 5.41) is 34.7. The number of ether oxygens (including phenoxy) is 2. The molecule has 0 bridgehead atoms. The third-order valence-corrected chi connectivity index (χ3v) is 4.56. The van der Waals surface area contributed by atoms with E-state index in [1.807, 2.05) is 26.8 Å². The molecule has 10 heteroatoms. The number of aliphatic hydroxyl groups excluding tert-OH is 2. The summed E-state index contributed by atoms with van der Waals surface area (Å²) in [6.45, 7) is 5.12. The molecule has 1 aliphatic heterocycles.